The van der Waals surface area contributed by atoms with E-state index in [-0.39, 0.29) is 0 Å². The number of hydrogen-bond donors (Lipinski definition) is 0. The molecular formula is C25H32Si. The summed E-state index contributed by atoms with van der Waals surface area (Å²) in [6.07, 6.45) is 0. The molecule has 0 N–H and O–H groups in total. The molecule has 2 rings (SSSR count). The van der Waals surface area contributed by atoms with E-state index in [2.05, 4.69) is 112 Å². The largest absolute Gasteiger partial charge is 0.0856 e. The Hall–Kier alpha value is -2.04. The first-order valence-electron chi connectivity index (χ1n) is 9.73. The molecule has 0 unspecified atom stereocenters. The van der Waals surface area contributed by atoms with Crippen molar-refractivity contribution in [3.05, 3.63) is 89.0 Å². The smallest absolute Gasteiger partial charge is 0.0783 e. The normalized spacial score (nSPS) is 11.2. The van der Waals surface area contributed by atoms with Crippen molar-refractivity contribution in [1.29, 1.82) is 0 Å². The fourth-order valence-electron chi connectivity index (χ4n) is 3.87. The predicted molar refractivity (Wildman–Crippen MR) is 118 cm³/mol. The summed E-state index contributed by atoms with van der Waals surface area (Å²) in [6, 6.07) is 23.7. The SMILES string of the molecule is CC(C)C[Si](C)(C=C=C=C(c1ccccc1)c1ccccc1)CC(C)C. The van der Waals surface area contributed by atoms with Gasteiger partial charge in [-0.25, -0.2) is 0 Å². The Morgan fingerprint density at radius 2 is 1.23 bits per heavy atom. The number of benzene rings is 2. The Morgan fingerprint density at radius 1 is 0.808 bits per heavy atom. The number of rotatable bonds is 7. The quantitative estimate of drug-likeness (QED) is 0.357. The molecule has 0 saturated heterocycles. The van der Waals surface area contributed by atoms with Crippen molar-refractivity contribution in [3.63, 3.8) is 0 Å². The van der Waals surface area contributed by atoms with Crippen LogP contribution in [0.15, 0.2) is 77.8 Å². The van der Waals surface area contributed by atoms with Gasteiger partial charge in [0, 0.05) is 5.57 Å². The lowest BCUT2D eigenvalue weighted by atomic mass is 9.99. The molecule has 0 aliphatic rings. The van der Waals surface area contributed by atoms with E-state index >= 15 is 0 Å². The van der Waals surface area contributed by atoms with Crippen molar-refractivity contribution in [2.45, 2.75) is 46.3 Å². The zero-order chi connectivity index (χ0) is 19.0. The van der Waals surface area contributed by atoms with Gasteiger partial charge >= 0.3 is 0 Å². The molecule has 0 amide bonds. The Kier molecular flexibility index (Phi) is 7.48. The maximum Gasteiger partial charge on any atom is 0.0856 e. The predicted octanol–water partition coefficient (Wildman–Crippen LogP) is 7.36. The lowest BCUT2D eigenvalue weighted by molar-refractivity contribution is 0.684. The molecule has 0 nitrogen and oxygen atoms in total. The fraction of sp³-hybridized carbons (Fsp3) is 0.360. The summed E-state index contributed by atoms with van der Waals surface area (Å²) in [7, 11) is -1.46. The second kappa shape index (κ2) is 9.60. The summed E-state index contributed by atoms with van der Waals surface area (Å²) < 4.78 is 0. The van der Waals surface area contributed by atoms with Crippen molar-refractivity contribution in [1.82, 2.24) is 0 Å². The van der Waals surface area contributed by atoms with E-state index in [0.29, 0.717) is 0 Å². The molecule has 0 aromatic heterocycles. The standard InChI is InChI=1S/C25H32Si/c1-21(2)19-26(5,20-22(3)4)18-12-17-25(23-13-8-6-9-14-23)24-15-10-7-11-16-24/h6-11,13-16,18,21-22H,19-20H2,1-5H3. The Morgan fingerprint density at radius 3 is 1.62 bits per heavy atom. The Bertz CT molecular complexity index is 720. The van der Waals surface area contributed by atoms with E-state index in [9.17, 15) is 0 Å². The van der Waals surface area contributed by atoms with E-state index in [1.54, 1.807) is 0 Å². The molecule has 0 bridgehead atoms. The third kappa shape index (κ3) is 6.35. The van der Waals surface area contributed by atoms with E-state index in [1.165, 1.54) is 23.2 Å². The zero-order valence-electron chi connectivity index (χ0n) is 16.9. The Balaban J connectivity index is 2.51. The van der Waals surface area contributed by atoms with Crippen molar-refractivity contribution in [3.8, 4) is 0 Å². The molecule has 0 radical (unpaired) electrons. The summed E-state index contributed by atoms with van der Waals surface area (Å²) >= 11 is 0. The van der Waals surface area contributed by atoms with Gasteiger partial charge in [-0.05, 0) is 28.7 Å². The van der Waals surface area contributed by atoms with Crippen LogP contribution >= 0.6 is 0 Å². The molecule has 136 valence electrons. The summed E-state index contributed by atoms with van der Waals surface area (Å²) in [5.41, 5.74) is 12.9. The second-order valence-electron chi connectivity index (χ2n) is 8.37. The minimum atomic E-state index is -1.46. The molecule has 1 heteroatoms. The van der Waals surface area contributed by atoms with Crippen LogP contribution in [-0.2, 0) is 0 Å². The van der Waals surface area contributed by atoms with Crippen LogP contribution in [-0.4, -0.2) is 8.07 Å². The van der Waals surface area contributed by atoms with Crippen molar-refractivity contribution < 1.29 is 0 Å². The highest BCUT2D eigenvalue weighted by atomic mass is 28.3. The molecule has 2 aromatic carbocycles. The molecule has 0 heterocycles. The molecule has 0 atom stereocenters. The second-order valence-corrected chi connectivity index (χ2v) is 12.8. The summed E-state index contributed by atoms with van der Waals surface area (Å²) in [6.45, 7) is 11.8. The van der Waals surface area contributed by atoms with Gasteiger partial charge in [0.1, 0.15) is 0 Å². The van der Waals surface area contributed by atoms with Gasteiger partial charge in [-0.1, -0.05) is 118 Å². The average molecular weight is 361 g/mol. The van der Waals surface area contributed by atoms with Crippen LogP contribution in [0.25, 0.3) is 5.57 Å². The van der Waals surface area contributed by atoms with Gasteiger partial charge in [0.2, 0.25) is 0 Å². The van der Waals surface area contributed by atoms with Crippen LogP contribution in [0.1, 0.15) is 38.8 Å². The van der Waals surface area contributed by atoms with Crippen LogP contribution in [0.4, 0.5) is 0 Å². The van der Waals surface area contributed by atoms with Crippen molar-refractivity contribution in [2.75, 3.05) is 0 Å². The first-order chi connectivity index (χ1) is 12.4. The third-order valence-electron chi connectivity index (χ3n) is 4.49. The van der Waals surface area contributed by atoms with Gasteiger partial charge in [-0.15, -0.1) is 0 Å². The average Bonchev–Trinajstić information content (AvgIpc) is 2.59. The van der Waals surface area contributed by atoms with Crippen LogP contribution in [0.2, 0.25) is 18.6 Å². The molecule has 2 aromatic rings. The van der Waals surface area contributed by atoms with Gasteiger partial charge in [0.05, 0.1) is 8.07 Å². The van der Waals surface area contributed by atoms with Crippen LogP contribution in [0.3, 0.4) is 0 Å². The van der Waals surface area contributed by atoms with Gasteiger partial charge in [-0.3, -0.25) is 0 Å². The zero-order valence-corrected chi connectivity index (χ0v) is 17.9. The summed E-state index contributed by atoms with van der Waals surface area (Å²) in [4.78, 5) is 0. The fourth-order valence-corrected chi connectivity index (χ4v) is 8.42. The van der Waals surface area contributed by atoms with Crippen LogP contribution in [0.5, 0.6) is 0 Å². The maximum atomic E-state index is 3.50. The van der Waals surface area contributed by atoms with E-state index < -0.39 is 8.07 Å². The lowest BCUT2D eigenvalue weighted by Crippen LogP contribution is -2.30. The monoisotopic (exact) mass is 360 g/mol. The van der Waals surface area contributed by atoms with E-state index in [4.69, 9.17) is 0 Å². The summed E-state index contributed by atoms with van der Waals surface area (Å²) in [5.74, 6) is 1.46. The molecule has 0 saturated carbocycles. The first kappa shape index (κ1) is 20.3. The van der Waals surface area contributed by atoms with Crippen LogP contribution < -0.4 is 0 Å². The van der Waals surface area contributed by atoms with Gasteiger partial charge < -0.3 is 0 Å². The lowest BCUT2D eigenvalue weighted by Gasteiger charge is -2.26. The van der Waals surface area contributed by atoms with E-state index in [1.807, 2.05) is 0 Å². The topological polar surface area (TPSA) is 0 Å². The van der Waals surface area contributed by atoms with Crippen molar-refractivity contribution in [2.24, 2.45) is 11.8 Å². The minimum Gasteiger partial charge on any atom is -0.0783 e. The maximum absolute atomic E-state index is 3.50. The highest BCUT2D eigenvalue weighted by Crippen LogP contribution is 2.26. The molecular weight excluding hydrogens is 328 g/mol. The number of hydrogen-bond acceptors (Lipinski definition) is 0. The van der Waals surface area contributed by atoms with Gasteiger partial charge in [0.15, 0.2) is 0 Å². The highest BCUT2D eigenvalue weighted by molar-refractivity contribution is 6.83. The van der Waals surface area contributed by atoms with E-state index in [0.717, 1.165) is 17.4 Å². The molecule has 0 fully saturated rings. The molecule has 0 spiro atoms. The highest BCUT2D eigenvalue weighted by Gasteiger charge is 2.26. The van der Waals surface area contributed by atoms with Crippen molar-refractivity contribution >= 4 is 13.6 Å². The molecule has 26 heavy (non-hydrogen) atoms. The van der Waals surface area contributed by atoms with Gasteiger partial charge in [0.25, 0.3) is 0 Å². The Labute approximate surface area is 161 Å². The molecule has 0 aliphatic carbocycles. The van der Waals surface area contributed by atoms with Crippen LogP contribution in [0, 0.1) is 11.8 Å². The summed E-state index contributed by atoms with van der Waals surface area (Å²) in [5, 5.41) is 0. The minimum absolute atomic E-state index is 0.732. The van der Waals surface area contributed by atoms with Gasteiger partial charge in [-0.2, -0.15) is 0 Å². The molecule has 0 aliphatic heterocycles. The first-order valence-corrected chi connectivity index (χ1v) is 12.7. The third-order valence-corrected chi connectivity index (χ3v) is 8.83.